The zero-order valence-corrected chi connectivity index (χ0v) is 27.5. The summed E-state index contributed by atoms with van der Waals surface area (Å²) < 4.78 is 0. The Morgan fingerprint density at radius 2 is 1.57 bits per heavy atom. The molecule has 0 saturated heterocycles. The van der Waals surface area contributed by atoms with Crippen LogP contribution in [0.1, 0.15) is 75.3 Å². The summed E-state index contributed by atoms with van der Waals surface area (Å²) >= 11 is 0. The Hall–Kier alpha value is -6.43. The topological polar surface area (TPSA) is 304 Å². The Morgan fingerprint density at radius 1 is 0.824 bits per heavy atom. The Kier molecular flexibility index (Phi) is 13.1. The number of nitrogens with two attached hydrogens (primary N) is 3. The molecule has 51 heavy (non-hydrogen) atoms. The zero-order chi connectivity index (χ0) is 36.9. The van der Waals surface area contributed by atoms with E-state index in [0.29, 0.717) is 29.9 Å². The third-order valence-electron chi connectivity index (χ3n) is 7.57. The lowest BCUT2D eigenvalue weighted by molar-refractivity contribution is -0.139. The highest BCUT2D eigenvalue weighted by atomic mass is 16.4. The first kappa shape index (κ1) is 37.4. The molecule has 4 rings (SSSR count). The van der Waals surface area contributed by atoms with Gasteiger partial charge < -0.3 is 48.7 Å². The largest absolute Gasteiger partial charge is 0.480 e. The summed E-state index contributed by atoms with van der Waals surface area (Å²) in [6.07, 6.45) is 4.15. The molecule has 3 amide bonds. The van der Waals surface area contributed by atoms with Crippen LogP contribution in [0.5, 0.6) is 0 Å². The molecule has 0 aliphatic carbocycles. The number of carboxylic acids is 2. The summed E-state index contributed by atoms with van der Waals surface area (Å²) in [5.74, 6) is -4.10. The van der Waals surface area contributed by atoms with Crippen molar-refractivity contribution >= 4 is 64.0 Å². The normalized spacial score (nSPS) is 11.4. The average Bonchev–Trinajstić information content (AvgIpc) is 3.10. The van der Waals surface area contributed by atoms with Gasteiger partial charge in [0.2, 0.25) is 11.9 Å². The minimum Gasteiger partial charge on any atom is -0.480 e. The van der Waals surface area contributed by atoms with Gasteiger partial charge in [0, 0.05) is 29.9 Å². The minimum atomic E-state index is -1.36. The molecule has 0 spiro atoms. The number of nitrogens with one attached hydrogen (secondary N) is 4. The Labute approximate surface area is 291 Å². The fraction of sp³-hybridized carbons (Fsp3) is 0.303. The van der Waals surface area contributed by atoms with E-state index >= 15 is 0 Å². The zero-order valence-electron chi connectivity index (χ0n) is 27.5. The number of carboxylic acid groups (broad SMARTS) is 2. The first-order valence-corrected chi connectivity index (χ1v) is 16.0. The molecule has 1 atom stereocenters. The highest BCUT2D eigenvalue weighted by Gasteiger charge is 2.22. The predicted octanol–water partition coefficient (Wildman–Crippen LogP) is 1.75. The molecule has 18 nitrogen and oxygen atoms in total. The van der Waals surface area contributed by atoms with E-state index < -0.39 is 29.8 Å². The van der Waals surface area contributed by atoms with Crippen LogP contribution in [0.3, 0.4) is 0 Å². The van der Waals surface area contributed by atoms with Crippen molar-refractivity contribution in [3.63, 3.8) is 0 Å². The van der Waals surface area contributed by atoms with Gasteiger partial charge in [-0.05, 0) is 74.7 Å². The molecule has 12 N–H and O–H groups in total. The highest BCUT2D eigenvalue weighted by Crippen LogP contribution is 2.18. The van der Waals surface area contributed by atoms with Crippen LogP contribution in [-0.4, -0.2) is 78.9 Å². The minimum absolute atomic E-state index is 0.00571. The molecule has 18 heteroatoms. The molecule has 0 fully saturated rings. The number of amides is 3. The number of anilines is 4. The number of hydrogen-bond donors (Lipinski definition) is 9. The Balaban J connectivity index is 1.25. The molecule has 2 aromatic carbocycles. The summed E-state index contributed by atoms with van der Waals surface area (Å²) in [7, 11) is 0. The fourth-order valence-corrected chi connectivity index (χ4v) is 4.93. The number of aromatic nitrogens is 4. The molecular formula is C33H39N11O7. The summed E-state index contributed by atoms with van der Waals surface area (Å²) in [6, 6.07) is 9.02. The van der Waals surface area contributed by atoms with Crippen molar-refractivity contribution in [1.29, 1.82) is 0 Å². The van der Waals surface area contributed by atoms with Gasteiger partial charge in [0.15, 0.2) is 17.0 Å². The molecule has 0 radical (unpaired) electrons. The van der Waals surface area contributed by atoms with Crippen LogP contribution >= 0.6 is 0 Å². The van der Waals surface area contributed by atoms with E-state index in [1.54, 1.807) is 12.1 Å². The van der Waals surface area contributed by atoms with E-state index in [0.717, 1.165) is 12.8 Å². The molecule has 2 aromatic heterocycles. The van der Waals surface area contributed by atoms with Crippen LogP contribution in [0.4, 0.5) is 23.1 Å². The maximum Gasteiger partial charge on any atom is 0.336 e. The molecule has 0 saturated carbocycles. The van der Waals surface area contributed by atoms with Gasteiger partial charge in [-0.25, -0.2) is 19.6 Å². The third kappa shape index (κ3) is 10.8. The van der Waals surface area contributed by atoms with Gasteiger partial charge in [0.25, 0.3) is 11.8 Å². The predicted molar refractivity (Wildman–Crippen MR) is 188 cm³/mol. The van der Waals surface area contributed by atoms with Crippen molar-refractivity contribution in [2.45, 2.75) is 51.1 Å². The first-order valence-electron chi connectivity index (χ1n) is 16.0. The number of carbonyl (C=O) groups is 5. The van der Waals surface area contributed by atoms with Crippen molar-refractivity contribution in [3.8, 4) is 0 Å². The average molecular weight is 702 g/mol. The third-order valence-corrected chi connectivity index (χ3v) is 7.57. The van der Waals surface area contributed by atoms with Gasteiger partial charge >= 0.3 is 11.9 Å². The molecule has 2 heterocycles. The van der Waals surface area contributed by atoms with Gasteiger partial charge in [-0.15, -0.1) is 0 Å². The van der Waals surface area contributed by atoms with Crippen LogP contribution in [-0.2, 0) is 16.1 Å². The number of fused-ring (bicyclic) bond motifs is 1. The number of aliphatic carboxylic acids is 1. The monoisotopic (exact) mass is 701 g/mol. The lowest BCUT2D eigenvalue weighted by Crippen LogP contribution is -2.41. The van der Waals surface area contributed by atoms with Crippen molar-refractivity contribution in [2.75, 3.05) is 35.2 Å². The number of nitrogens with zero attached hydrogens (tertiary/aromatic N) is 4. The van der Waals surface area contributed by atoms with E-state index in [9.17, 15) is 34.2 Å². The van der Waals surface area contributed by atoms with Gasteiger partial charge in [-0.1, -0.05) is 6.42 Å². The standard InChI is InChI=1S/C33H39N11O7/c34-13-3-1-2-6-25(45)40-20-11-12-22(23(15-20)31(48)49)30(47)37-14-4-5-24(32(50)51)42-29(46)18-7-9-19(10-8-18)38-16-21-17-39-28-26(41-21)27(35)43-33(36)44-28/h7-12,15,17,24,38H,1-6,13-14,16,34H2,(H,37,47)(H,40,45)(H,42,46)(H,48,49)(H,50,51)(H4,35,36,39,43,44)/t24-/m0/s1. The summed E-state index contributed by atoms with van der Waals surface area (Å²) in [6.45, 7) is 0.818. The van der Waals surface area contributed by atoms with Crippen molar-refractivity contribution in [1.82, 2.24) is 30.6 Å². The van der Waals surface area contributed by atoms with E-state index in [1.807, 2.05) is 0 Å². The second-order valence-electron chi connectivity index (χ2n) is 11.4. The number of aromatic carboxylic acids is 1. The molecule has 0 unspecified atom stereocenters. The molecule has 0 aliphatic rings. The van der Waals surface area contributed by atoms with Gasteiger partial charge in [0.1, 0.15) is 6.04 Å². The summed E-state index contributed by atoms with van der Waals surface area (Å²) in [4.78, 5) is 78.0. The second-order valence-corrected chi connectivity index (χ2v) is 11.4. The van der Waals surface area contributed by atoms with Gasteiger partial charge in [0.05, 0.1) is 29.6 Å². The van der Waals surface area contributed by atoms with Gasteiger partial charge in [-0.3, -0.25) is 14.4 Å². The molecular weight excluding hydrogens is 662 g/mol. The number of hydrogen-bond acceptors (Lipinski definition) is 13. The van der Waals surface area contributed by atoms with Crippen LogP contribution in [0.15, 0.2) is 48.7 Å². The number of rotatable bonds is 18. The van der Waals surface area contributed by atoms with Crippen LogP contribution in [0, 0.1) is 0 Å². The summed E-state index contributed by atoms with van der Waals surface area (Å²) in [5.41, 5.74) is 18.7. The smallest absolute Gasteiger partial charge is 0.336 e. The van der Waals surface area contributed by atoms with E-state index in [-0.39, 0.29) is 78.1 Å². The van der Waals surface area contributed by atoms with Crippen LogP contribution in [0.2, 0.25) is 0 Å². The molecule has 0 bridgehead atoms. The fourth-order valence-electron chi connectivity index (χ4n) is 4.93. The molecule has 0 aliphatic heterocycles. The van der Waals surface area contributed by atoms with Crippen molar-refractivity contribution < 1.29 is 34.2 Å². The quantitative estimate of drug-likeness (QED) is 0.0667. The SMILES string of the molecule is NCCCCCC(=O)Nc1ccc(C(=O)NCCC[C@H](NC(=O)c2ccc(NCc3cnc4nc(N)nc(N)c4n3)cc2)C(=O)O)c(C(=O)O)c1. The van der Waals surface area contributed by atoms with Crippen molar-refractivity contribution in [3.05, 3.63) is 71.0 Å². The summed E-state index contributed by atoms with van der Waals surface area (Å²) in [5, 5.41) is 30.2. The number of unbranched alkanes of at least 4 members (excludes halogenated alkanes) is 2. The van der Waals surface area contributed by atoms with Crippen molar-refractivity contribution in [2.24, 2.45) is 5.73 Å². The first-order chi connectivity index (χ1) is 24.4. The number of benzene rings is 2. The second kappa shape index (κ2) is 17.8. The maximum absolute atomic E-state index is 12.8. The Morgan fingerprint density at radius 3 is 2.27 bits per heavy atom. The molecule has 4 aromatic rings. The lowest BCUT2D eigenvalue weighted by Gasteiger charge is -2.15. The van der Waals surface area contributed by atoms with E-state index in [4.69, 9.17) is 17.2 Å². The highest BCUT2D eigenvalue weighted by molar-refractivity contribution is 6.06. The van der Waals surface area contributed by atoms with E-state index in [2.05, 4.69) is 41.2 Å². The molecule has 268 valence electrons. The lowest BCUT2D eigenvalue weighted by atomic mass is 10.1. The van der Waals surface area contributed by atoms with Crippen LogP contribution in [0.25, 0.3) is 11.2 Å². The van der Waals surface area contributed by atoms with E-state index in [1.165, 1.54) is 36.5 Å². The maximum atomic E-state index is 12.8. The van der Waals surface area contributed by atoms with Gasteiger partial charge in [-0.2, -0.15) is 9.97 Å². The van der Waals surface area contributed by atoms with Crippen LogP contribution < -0.4 is 38.5 Å². The number of nitrogen functional groups attached to an aromatic ring is 2. The Bertz CT molecular complexity index is 1900. The number of carbonyl (C=O) groups excluding carboxylic acids is 3.